The highest BCUT2D eigenvalue weighted by atomic mass is 16.5. The van der Waals surface area contributed by atoms with Gasteiger partial charge in [-0.05, 0) is 50.4 Å². The summed E-state index contributed by atoms with van der Waals surface area (Å²) in [6.07, 6.45) is 2.55. The molecule has 0 N–H and O–H groups in total. The van der Waals surface area contributed by atoms with Crippen LogP contribution in [0.4, 0.5) is 0 Å². The molecule has 0 bridgehead atoms. The van der Waals surface area contributed by atoms with Gasteiger partial charge in [-0.2, -0.15) is 0 Å². The van der Waals surface area contributed by atoms with Crippen molar-refractivity contribution >= 4 is 5.91 Å². The van der Waals surface area contributed by atoms with E-state index in [1.165, 1.54) is 18.4 Å². The van der Waals surface area contributed by atoms with Crippen molar-refractivity contribution in [3.05, 3.63) is 29.8 Å². The van der Waals surface area contributed by atoms with Crippen LogP contribution in [0.15, 0.2) is 24.3 Å². The summed E-state index contributed by atoms with van der Waals surface area (Å²) < 4.78 is 5.17. The average molecular weight is 290 g/mol. The number of methoxy groups -OCH3 is 1. The summed E-state index contributed by atoms with van der Waals surface area (Å²) in [6.45, 7) is 3.48. The molecule has 0 aliphatic heterocycles. The minimum absolute atomic E-state index is 0.199. The predicted octanol–water partition coefficient (Wildman–Crippen LogP) is 2.56. The summed E-state index contributed by atoms with van der Waals surface area (Å²) in [5.41, 5.74) is 1.19. The molecule has 1 aliphatic carbocycles. The summed E-state index contributed by atoms with van der Waals surface area (Å²) in [5.74, 6) is 1.79. The normalized spacial score (nSPS) is 15.9. The number of carbonyl (C=O) groups is 1. The highest BCUT2D eigenvalue weighted by Gasteiger charge is 2.25. The molecule has 0 spiro atoms. The first-order valence-corrected chi connectivity index (χ1v) is 7.59. The lowest BCUT2D eigenvalue weighted by Gasteiger charge is -2.27. The van der Waals surface area contributed by atoms with E-state index in [1.807, 2.05) is 31.1 Å². The molecule has 1 fully saturated rings. The standard InChI is InChI=1S/C17H26N2O2/c1-13(15-7-9-16(21-4)10-8-15)18(2)12-17(20)19(3)11-14-5-6-14/h7-10,13-14H,5-6,11-12H2,1-4H3. The van der Waals surface area contributed by atoms with E-state index in [0.29, 0.717) is 6.54 Å². The minimum atomic E-state index is 0.199. The van der Waals surface area contributed by atoms with E-state index < -0.39 is 0 Å². The highest BCUT2D eigenvalue weighted by molar-refractivity contribution is 5.78. The predicted molar refractivity (Wildman–Crippen MR) is 84.4 cm³/mol. The monoisotopic (exact) mass is 290 g/mol. The van der Waals surface area contributed by atoms with E-state index in [2.05, 4.69) is 24.0 Å². The fourth-order valence-corrected chi connectivity index (χ4v) is 2.40. The minimum Gasteiger partial charge on any atom is -0.497 e. The Balaban J connectivity index is 1.88. The molecule has 1 aromatic carbocycles. The Bertz CT molecular complexity index is 468. The van der Waals surface area contributed by atoms with Crippen molar-refractivity contribution in [2.45, 2.75) is 25.8 Å². The summed E-state index contributed by atoms with van der Waals surface area (Å²) in [4.78, 5) is 16.2. The number of likely N-dealkylation sites (N-methyl/N-ethyl adjacent to an activating group) is 2. The van der Waals surface area contributed by atoms with Gasteiger partial charge in [-0.15, -0.1) is 0 Å². The number of amides is 1. The lowest BCUT2D eigenvalue weighted by Crippen LogP contribution is -2.38. The first-order valence-electron chi connectivity index (χ1n) is 7.59. The summed E-state index contributed by atoms with van der Waals surface area (Å²) in [5, 5.41) is 0. The van der Waals surface area contributed by atoms with Crippen LogP contribution in [0.1, 0.15) is 31.4 Å². The summed E-state index contributed by atoms with van der Waals surface area (Å²) in [6, 6.07) is 8.23. The fourth-order valence-electron chi connectivity index (χ4n) is 2.40. The summed E-state index contributed by atoms with van der Waals surface area (Å²) in [7, 11) is 5.57. The van der Waals surface area contributed by atoms with Crippen LogP contribution in [0.3, 0.4) is 0 Å². The Hall–Kier alpha value is -1.55. The first kappa shape index (κ1) is 15.8. The van der Waals surface area contributed by atoms with Gasteiger partial charge < -0.3 is 9.64 Å². The molecule has 0 radical (unpaired) electrons. The van der Waals surface area contributed by atoms with E-state index in [0.717, 1.165) is 18.2 Å². The van der Waals surface area contributed by atoms with E-state index in [-0.39, 0.29) is 11.9 Å². The zero-order chi connectivity index (χ0) is 15.4. The molecule has 0 aromatic heterocycles. The van der Waals surface area contributed by atoms with Gasteiger partial charge in [-0.3, -0.25) is 9.69 Å². The Labute approximate surface area is 127 Å². The molecule has 4 nitrogen and oxygen atoms in total. The van der Waals surface area contributed by atoms with E-state index in [9.17, 15) is 4.79 Å². The van der Waals surface area contributed by atoms with Gasteiger partial charge in [0.25, 0.3) is 0 Å². The average Bonchev–Trinajstić information content (AvgIpc) is 3.30. The molecule has 1 aliphatic rings. The SMILES string of the molecule is COc1ccc(C(C)N(C)CC(=O)N(C)CC2CC2)cc1. The molecule has 0 heterocycles. The molecule has 1 saturated carbocycles. The van der Waals surface area contributed by atoms with Crippen LogP contribution < -0.4 is 4.74 Å². The second-order valence-electron chi connectivity index (χ2n) is 6.08. The lowest BCUT2D eigenvalue weighted by molar-refractivity contribution is -0.131. The number of hydrogen-bond acceptors (Lipinski definition) is 3. The molecule has 0 saturated heterocycles. The van der Waals surface area contributed by atoms with Crippen LogP contribution in [0, 0.1) is 5.92 Å². The Kier molecular flexibility index (Phi) is 5.23. The number of rotatable bonds is 7. The quantitative estimate of drug-likeness (QED) is 0.773. The molecule has 2 rings (SSSR count). The second kappa shape index (κ2) is 6.94. The van der Waals surface area contributed by atoms with Crippen molar-refractivity contribution in [2.24, 2.45) is 5.92 Å². The molecule has 116 valence electrons. The molecule has 1 atom stereocenters. The zero-order valence-corrected chi connectivity index (χ0v) is 13.5. The van der Waals surface area contributed by atoms with Crippen LogP contribution in [-0.4, -0.2) is 50.0 Å². The van der Waals surface area contributed by atoms with Crippen molar-refractivity contribution in [3.63, 3.8) is 0 Å². The smallest absolute Gasteiger partial charge is 0.236 e. The Morgan fingerprint density at radius 3 is 2.43 bits per heavy atom. The van der Waals surface area contributed by atoms with Crippen LogP contribution in [0.2, 0.25) is 0 Å². The maximum atomic E-state index is 12.2. The molecular weight excluding hydrogens is 264 g/mol. The van der Waals surface area contributed by atoms with Crippen LogP contribution in [0.25, 0.3) is 0 Å². The van der Waals surface area contributed by atoms with Gasteiger partial charge in [0.05, 0.1) is 13.7 Å². The molecule has 4 heteroatoms. The zero-order valence-electron chi connectivity index (χ0n) is 13.5. The van der Waals surface area contributed by atoms with Crippen molar-refractivity contribution < 1.29 is 9.53 Å². The van der Waals surface area contributed by atoms with Gasteiger partial charge in [-0.25, -0.2) is 0 Å². The molecular formula is C17H26N2O2. The second-order valence-corrected chi connectivity index (χ2v) is 6.08. The van der Waals surface area contributed by atoms with E-state index >= 15 is 0 Å². The summed E-state index contributed by atoms with van der Waals surface area (Å²) >= 11 is 0. The van der Waals surface area contributed by atoms with Gasteiger partial charge in [0.15, 0.2) is 0 Å². The van der Waals surface area contributed by atoms with Gasteiger partial charge in [0.2, 0.25) is 5.91 Å². The third kappa shape index (κ3) is 4.46. The molecule has 1 amide bonds. The maximum absolute atomic E-state index is 12.2. The molecule has 1 unspecified atom stereocenters. The lowest BCUT2D eigenvalue weighted by atomic mass is 10.1. The van der Waals surface area contributed by atoms with Crippen molar-refractivity contribution in [3.8, 4) is 5.75 Å². The number of ether oxygens (including phenoxy) is 1. The third-order valence-electron chi connectivity index (χ3n) is 4.30. The van der Waals surface area contributed by atoms with Crippen molar-refractivity contribution in [1.82, 2.24) is 9.80 Å². The number of nitrogens with zero attached hydrogens (tertiary/aromatic N) is 2. The van der Waals surface area contributed by atoms with Crippen molar-refractivity contribution in [1.29, 1.82) is 0 Å². The van der Waals surface area contributed by atoms with Crippen molar-refractivity contribution in [2.75, 3.05) is 34.3 Å². The first-order chi connectivity index (χ1) is 10.0. The number of hydrogen-bond donors (Lipinski definition) is 0. The third-order valence-corrected chi connectivity index (χ3v) is 4.30. The topological polar surface area (TPSA) is 32.8 Å². The van der Waals surface area contributed by atoms with Gasteiger partial charge in [0.1, 0.15) is 5.75 Å². The van der Waals surface area contributed by atoms with Gasteiger partial charge in [0, 0.05) is 19.6 Å². The van der Waals surface area contributed by atoms with E-state index in [4.69, 9.17) is 4.74 Å². The van der Waals surface area contributed by atoms with E-state index in [1.54, 1.807) is 7.11 Å². The number of carbonyl (C=O) groups excluding carboxylic acids is 1. The molecule has 21 heavy (non-hydrogen) atoms. The highest BCUT2D eigenvalue weighted by Crippen LogP contribution is 2.29. The number of benzene rings is 1. The van der Waals surface area contributed by atoms with Gasteiger partial charge >= 0.3 is 0 Å². The molecule has 1 aromatic rings. The maximum Gasteiger partial charge on any atom is 0.236 e. The van der Waals surface area contributed by atoms with Crippen LogP contribution >= 0.6 is 0 Å². The Morgan fingerprint density at radius 2 is 1.90 bits per heavy atom. The Morgan fingerprint density at radius 1 is 1.29 bits per heavy atom. The fraction of sp³-hybridized carbons (Fsp3) is 0.588. The largest absolute Gasteiger partial charge is 0.497 e. The van der Waals surface area contributed by atoms with Gasteiger partial charge in [-0.1, -0.05) is 12.1 Å². The van der Waals surface area contributed by atoms with Crippen LogP contribution in [0.5, 0.6) is 5.75 Å². The van der Waals surface area contributed by atoms with Crippen LogP contribution in [-0.2, 0) is 4.79 Å².